The molecule has 1 N–H and O–H groups in total. The summed E-state index contributed by atoms with van der Waals surface area (Å²) in [5.74, 6) is 0.621. The van der Waals surface area contributed by atoms with E-state index in [1.807, 2.05) is 12.1 Å². The molecule has 0 amide bonds. The maximum Gasteiger partial charge on any atom is 0.215 e. The molecular formula is C15H22N4OS. The van der Waals surface area contributed by atoms with Crippen molar-refractivity contribution < 1.29 is 4.74 Å². The van der Waals surface area contributed by atoms with E-state index in [0.29, 0.717) is 11.9 Å². The van der Waals surface area contributed by atoms with Crippen LogP contribution in [0.4, 0.5) is 0 Å². The van der Waals surface area contributed by atoms with Gasteiger partial charge < -0.3 is 9.72 Å². The first kappa shape index (κ1) is 14.5. The lowest BCUT2D eigenvalue weighted by Crippen LogP contribution is -2.39. The topological polar surface area (TPSA) is 46.1 Å². The van der Waals surface area contributed by atoms with Crippen LogP contribution in [0.15, 0.2) is 12.1 Å². The van der Waals surface area contributed by atoms with Gasteiger partial charge in [0, 0.05) is 18.7 Å². The number of imidazole rings is 1. The molecule has 0 bridgehead atoms. The van der Waals surface area contributed by atoms with Gasteiger partial charge in [0.25, 0.3) is 0 Å². The van der Waals surface area contributed by atoms with Crippen LogP contribution in [0.2, 0.25) is 0 Å². The molecule has 1 aliphatic heterocycles. The highest BCUT2D eigenvalue weighted by atomic mass is 32.1. The van der Waals surface area contributed by atoms with Crippen molar-refractivity contribution in [3.05, 3.63) is 16.9 Å². The number of nitrogens with zero attached hydrogens (tertiary/aromatic N) is 3. The number of nitrogens with one attached hydrogen (secondary N) is 1. The second kappa shape index (κ2) is 6.15. The number of H-pyrrole nitrogens is 1. The molecule has 1 fully saturated rings. The van der Waals surface area contributed by atoms with Gasteiger partial charge in [0.15, 0.2) is 10.4 Å². The van der Waals surface area contributed by atoms with Crippen molar-refractivity contribution in [2.24, 2.45) is 0 Å². The third kappa shape index (κ3) is 2.96. The largest absolute Gasteiger partial charge is 0.481 e. The number of hydrogen-bond donors (Lipinski definition) is 1. The van der Waals surface area contributed by atoms with Gasteiger partial charge in [-0.15, -0.1) is 0 Å². The van der Waals surface area contributed by atoms with Crippen LogP contribution >= 0.6 is 12.2 Å². The average molecular weight is 306 g/mol. The molecule has 1 unspecified atom stereocenters. The van der Waals surface area contributed by atoms with E-state index in [1.165, 1.54) is 32.4 Å². The second-order valence-electron chi connectivity index (χ2n) is 5.71. The lowest BCUT2D eigenvalue weighted by Gasteiger charge is -2.32. The van der Waals surface area contributed by atoms with Gasteiger partial charge in [0.1, 0.15) is 0 Å². The van der Waals surface area contributed by atoms with Gasteiger partial charge in [0.05, 0.1) is 12.6 Å². The molecule has 1 atom stereocenters. The molecule has 5 nitrogen and oxygen atoms in total. The van der Waals surface area contributed by atoms with Gasteiger partial charge in [-0.25, -0.2) is 0 Å². The monoisotopic (exact) mass is 306 g/mol. The minimum Gasteiger partial charge on any atom is -0.481 e. The number of ether oxygens (including phenoxy) is 1. The zero-order chi connectivity index (χ0) is 14.8. The Morgan fingerprint density at radius 3 is 2.81 bits per heavy atom. The number of methoxy groups -OCH3 is 1. The van der Waals surface area contributed by atoms with Crippen molar-refractivity contribution in [3.63, 3.8) is 0 Å². The van der Waals surface area contributed by atoms with Gasteiger partial charge in [-0.2, -0.15) is 4.98 Å². The van der Waals surface area contributed by atoms with Crippen molar-refractivity contribution in [1.82, 2.24) is 19.4 Å². The first-order chi connectivity index (χ1) is 10.2. The van der Waals surface area contributed by atoms with Crippen molar-refractivity contribution >= 4 is 23.4 Å². The van der Waals surface area contributed by atoms with Crippen LogP contribution in [0.3, 0.4) is 0 Å². The Hall–Kier alpha value is -1.40. The van der Waals surface area contributed by atoms with Gasteiger partial charge in [0.2, 0.25) is 5.88 Å². The van der Waals surface area contributed by atoms with E-state index in [0.717, 1.165) is 22.5 Å². The van der Waals surface area contributed by atoms with Crippen molar-refractivity contribution in [2.45, 2.75) is 38.8 Å². The Balaban J connectivity index is 1.88. The third-order valence-electron chi connectivity index (χ3n) is 4.26. The molecule has 0 spiro atoms. The summed E-state index contributed by atoms with van der Waals surface area (Å²) >= 11 is 5.46. The summed E-state index contributed by atoms with van der Waals surface area (Å²) < 4.78 is 8.05. The molecule has 3 rings (SSSR count). The number of pyridine rings is 1. The fourth-order valence-corrected chi connectivity index (χ4v) is 3.31. The molecule has 2 aromatic heterocycles. The van der Waals surface area contributed by atoms with E-state index >= 15 is 0 Å². The summed E-state index contributed by atoms with van der Waals surface area (Å²) in [6.45, 7) is 5.51. The molecule has 1 aliphatic rings. The first-order valence-electron chi connectivity index (χ1n) is 7.56. The van der Waals surface area contributed by atoms with E-state index < -0.39 is 0 Å². The number of piperidine rings is 1. The van der Waals surface area contributed by atoms with Gasteiger partial charge in [-0.3, -0.25) is 9.47 Å². The Morgan fingerprint density at radius 2 is 2.10 bits per heavy atom. The van der Waals surface area contributed by atoms with E-state index in [9.17, 15) is 0 Å². The molecule has 0 radical (unpaired) electrons. The average Bonchev–Trinajstić information content (AvgIpc) is 2.83. The molecule has 0 aliphatic carbocycles. The number of rotatable bonds is 4. The first-order valence-corrected chi connectivity index (χ1v) is 7.97. The van der Waals surface area contributed by atoms with E-state index in [1.54, 1.807) is 7.11 Å². The zero-order valence-electron chi connectivity index (χ0n) is 12.6. The zero-order valence-corrected chi connectivity index (χ0v) is 13.4. The summed E-state index contributed by atoms with van der Waals surface area (Å²) in [5, 5.41) is 0. The van der Waals surface area contributed by atoms with Crippen molar-refractivity contribution in [2.75, 3.05) is 20.2 Å². The second-order valence-corrected chi connectivity index (χ2v) is 6.10. The highest BCUT2D eigenvalue weighted by Gasteiger charge is 2.18. The lowest BCUT2D eigenvalue weighted by molar-refractivity contribution is 0.160. The van der Waals surface area contributed by atoms with Gasteiger partial charge >= 0.3 is 0 Å². The maximum absolute atomic E-state index is 5.46. The van der Waals surface area contributed by atoms with Crippen LogP contribution in [0.5, 0.6) is 5.88 Å². The summed E-state index contributed by atoms with van der Waals surface area (Å²) in [6, 6.07) is 4.29. The Kier molecular flexibility index (Phi) is 4.26. The number of fused-ring (bicyclic) bond motifs is 1. The summed E-state index contributed by atoms with van der Waals surface area (Å²) in [5.41, 5.74) is 1.84. The Morgan fingerprint density at radius 1 is 1.33 bits per heavy atom. The normalized spacial score (nSPS) is 18.0. The molecular weight excluding hydrogens is 284 g/mol. The highest BCUT2D eigenvalue weighted by Crippen LogP contribution is 2.19. The molecule has 2 aromatic rings. The SMILES string of the molecule is COc1ccc2[nH]c(=S)n(CC(C)N3CCCCC3)c2n1. The maximum atomic E-state index is 5.46. The number of aromatic amines is 1. The summed E-state index contributed by atoms with van der Waals surface area (Å²) in [6.07, 6.45) is 3.96. The number of likely N-dealkylation sites (tertiary alicyclic amines) is 1. The number of aromatic nitrogens is 3. The van der Waals surface area contributed by atoms with Crippen LogP contribution in [-0.4, -0.2) is 45.7 Å². The van der Waals surface area contributed by atoms with Gasteiger partial charge in [-0.05, 0) is 51.1 Å². The van der Waals surface area contributed by atoms with Crippen molar-refractivity contribution in [1.29, 1.82) is 0 Å². The quantitative estimate of drug-likeness (QED) is 0.882. The summed E-state index contributed by atoms with van der Waals surface area (Å²) in [7, 11) is 1.64. The van der Waals surface area contributed by atoms with E-state index in [4.69, 9.17) is 17.0 Å². The molecule has 1 saturated heterocycles. The molecule has 0 aromatic carbocycles. The lowest BCUT2D eigenvalue weighted by atomic mass is 10.1. The molecule has 6 heteroatoms. The fourth-order valence-electron chi connectivity index (χ4n) is 3.04. The van der Waals surface area contributed by atoms with Crippen LogP contribution in [0.25, 0.3) is 11.2 Å². The molecule has 114 valence electrons. The van der Waals surface area contributed by atoms with Crippen LogP contribution in [-0.2, 0) is 6.54 Å². The molecule has 0 saturated carbocycles. The van der Waals surface area contributed by atoms with E-state index in [-0.39, 0.29) is 0 Å². The minimum absolute atomic E-state index is 0.462. The third-order valence-corrected chi connectivity index (χ3v) is 4.58. The minimum atomic E-state index is 0.462. The molecule has 3 heterocycles. The predicted molar refractivity (Wildman–Crippen MR) is 86.4 cm³/mol. The van der Waals surface area contributed by atoms with Crippen LogP contribution < -0.4 is 4.74 Å². The smallest absolute Gasteiger partial charge is 0.215 e. The van der Waals surface area contributed by atoms with Crippen LogP contribution in [0.1, 0.15) is 26.2 Å². The van der Waals surface area contributed by atoms with E-state index in [2.05, 4.69) is 26.4 Å². The standard InChI is InChI=1S/C15H22N4OS/c1-11(18-8-4-3-5-9-18)10-19-14-12(16-15(19)21)6-7-13(17-14)20-2/h6-7,11H,3-5,8-10H2,1-2H3,(H,16,21). The number of hydrogen-bond acceptors (Lipinski definition) is 4. The summed E-state index contributed by atoms with van der Waals surface area (Å²) in [4.78, 5) is 10.3. The Labute approximate surface area is 129 Å². The van der Waals surface area contributed by atoms with Gasteiger partial charge in [-0.1, -0.05) is 6.42 Å². The molecule has 21 heavy (non-hydrogen) atoms. The highest BCUT2D eigenvalue weighted by molar-refractivity contribution is 7.71. The Bertz CT molecular complexity index is 672. The van der Waals surface area contributed by atoms with Crippen LogP contribution in [0, 0.1) is 4.77 Å². The predicted octanol–water partition coefficient (Wildman–Crippen LogP) is 2.98. The fraction of sp³-hybridized carbons (Fsp3) is 0.600. The van der Waals surface area contributed by atoms with Crippen molar-refractivity contribution in [3.8, 4) is 5.88 Å².